The molecule has 48 valence electrons. The van der Waals surface area contributed by atoms with Crippen LogP contribution in [0.4, 0.5) is 4.39 Å². The number of aliphatic hydroxyl groups is 1. The van der Waals surface area contributed by atoms with Crippen molar-refractivity contribution in [1.82, 2.24) is 0 Å². The fraction of sp³-hybridized carbons (Fsp3) is 0.167. The van der Waals surface area contributed by atoms with E-state index in [4.69, 9.17) is 5.11 Å². The lowest BCUT2D eigenvalue weighted by atomic mass is 10.1. The van der Waals surface area contributed by atoms with Crippen molar-refractivity contribution in [2.75, 3.05) is 0 Å². The summed E-state index contributed by atoms with van der Waals surface area (Å²) < 4.78 is 12.2. The smallest absolute Gasteiger partial charge is 0.181 e. The van der Waals surface area contributed by atoms with Crippen molar-refractivity contribution in [1.29, 1.82) is 0 Å². The predicted molar refractivity (Wildman–Crippen MR) is 29.3 cm³/mol. The Morgan fingerprint density at radius 3 is 2.78 bits per heavy atom. The summed E-state index contributed by atoms with van der Waals surface area (Å²) in [6, 6.07) is 0. The second kappa shape index (κ2) is 2.11. The van der Waals surface area contributed by atoms with E-state index in [2.05, 4.69) is 0 Å². The van der Waals surface area contributed by atoms with Gasteiger partial charge in [-0.15, -0.1) is 0 Å². The zero-order valence-corrected chi connectivity index (χ0v) is 4.54. The number of aliphatic hydroxyl groups excluding tert-OH is 1. The van der Waals surface area contributed by atoms with Gasteiger partial charge in [-0.25, -0.2) is 4.39 Å². The molecule has 1 N–H and O–H groups in total. The van der Waals surface area contributed by atoms with Crippen LogP contribution in [0.1, 0.15) is 0 Å². The van der Waals surface area contributed by atoms with Crippen LogP contribution in [0, 0.1) is 0 Å². The molecular formula is C6H5FO2. The van der Waals surface area contributed by atoms with Crippen LogP contribution in [0.15, 0.2) is 24.1 Å². The fourth-order valence-corrected chi connectivity index (χ4v) is 0.547. The SMILES string of the molecule is O=C1C=CC(O)C(F)=C1. The van der Waals surface area contributed by atoms with Crippen molar-refractivity contribution in [2.45, 2.75) is 6.10 Å². The van der Waals surface area contributed by atoms with Crippen molar-refractivity contribution in [3.8, 4) is 0 Å². The molecule has 0 saturated heterocycles. The second-order valence-electron chi connectivity index (χ2n) is 1.74. The molecule has 0 amide bonds. The van der Waals surface area contributed by atoms with E-state index in [1.54, 1.807) is 0 Å². The number of allylic oxidation sites excluding steroid dienone is 2. The van der Waals surface area contributed by atoms with Crippen molar-refractivity contribution in [3.05, 3.63) is 24.1 Å². The number of carbonyl (C=O) groups excluding carboxylic acids is 1. The molecule has 0 fully saturated rings. The van der Waals surface area contributed by atoms with E-state index < -0.39 is 17.7 Å². The summed E-state index contributed by atoms with van der Waals surface area (Å²) in [7, 11) is 0. The number of hydrogen-bond donors (Lipinski definition) is 1. The molecule has 0 aromatic carbocycles. The van der Waals surface area contributed by atoms with Crippen LogP contribution >= 0.6 is 0 Å². The van der Waals surface area contributed by atoms with Crippen LogP contribution in [-0.2, 0) is 4.79 Å². The van der Waals surface area contributed by atoms with Crippen molar-refractivity contribution >= 4 is 5.78 Å². The number of ketones is 1. The Bertz CT molecular complexity index is 193. The molecule has 1 aliphatic rings. The Morgan fingerprint density at radius 1 is 1.67 bits per heavy atom. The monoisotopic (exact) mass is 128 g/mol. The van der Waals surface area contributed by atoms with Crippen LogP contribution in [-0.4, -0.2) is 17.0 Å². The third-order valence-corrected chi connectivity index (χ3v) is 1.01. The lowest BCUT2D eigenvalue weighted by molar-refractivity contribution is -0.110. The molecule has 1 rings (SSSR count). The highest BCUT2D eigenvalue weighted by Gasteiger charge is 2.12. The van der Waals surface area contributed by atoms with Gasteiger partial charge in [0.15, 0.2) is 5.78 Å². The number of rotatable bonds is 0. The zero-order valence-electron chi connectivity index (χ0n) is 4.54. The second-order valence-corrected chi connectivity index (χ2v) is 1.74. The average Bonchev–Trinajstić information content (AvgIpc) is 1.80. The highest BCUT2D eigenvalue weighted by Crippen LogP contribution is 2.09. The standard InChI is InChI=1S/C6H5FO2/c7-5-3-4(8)1-2-6(5)9/h1-3,6,9H. The molecule has 0 saturated carbocycles. The van der Waals surface area contributed by atoms with Gasteiger partial charge < -0.3 is 5.11 Å². The summed E-state index contributed by atoms with van der Waals surface area (Å²) in [5, 5.41) is 8.61. The van der Waals surface area contributed by atoms with E-state index in [0.29, 0.717) is 0 Å². The van der Waals surface area contributed by atoms with E-state index in [0.717, 1.165) is 18.2 Å². The fourth-order valence-electron chi connectivity index (χ4n) is 0.547. The molecule has 0 aromatic heterocycles. The van der Waals surface area contributed by atoms with E-state index in [-0.39, 0.29) is 0 Å². The topological polar surface area (TPSA) is 37.3 Å². The van der Waals surface area contributed by atoms with E-state index >= 15 is 0 Å². The lowest BCUT2D eigenvalue weighted by Crippen LogP contribution is -2.09. The molecular weight excluding hydrogens is 123 g/mol. The van der Waals surface area contributed by atoms with Crippen LogP contribution in [0.2, 0.25) is 0 Å². The summed E-state index contributed by atoms with van der Waals surface area (Å²) in [6.07, 6.45) is 1.79. The molecule has 0 heterocycles. The first-order valence-corrected chi connectivity index (χ1v) is 2.47. The lowest BCUT2D eigenvalue weighted by Gasteiger charge is -2.03. The summed E-state index contributed by atoms with van der Waals surface area (Å²) in [4.78, 5) is 10.3. The third kappa shape index (κ3) is 1.23. The first-order valence-electron chi connectivity index (χ1n) is 2.47. The number of hydrogen-bond acceptors (Lipinski definition) is 2. The van der Waals surface area contributed by atoms with Gasteiger partial charge in [-0.2, -0.15) is 0 Å². The van der Waals surface area contributed by atoms with Gasteiger partial charge in [-0.05, 0) is 12.2 Å². The van der Waals surface area contributed by atoms with E-state index in [1.807, 2.05) is 0 Å². The quantitative estimate of drug-likeness (QED) is 0.510. The third-order valence-electron chi connectivity index (χ3n) is 1.01. The molecule has 0 radical (unpaired) electrons. The maximum atomic E-state index is 12.2. The molecule has 1 atom stereocenters. The minimum Gasteiger partial charge on any atom is -0.382 e. The van der Waals surface area contributed by atoms with Crippen molar-refractivity contribution in [2.24, 2.45) is 0 Å². The van der Waals surface area contributed by atoms with E-state index in [9.17, 15) is 9.18 Å². The summed E-state index contributed by atoms with van der Waals surface area (Å²) >= 11 is 0. The summed E-state index contributed by atoms with van der Waals surface area (Å²) in [6.45, 7) is 0. The van der Waals surface area contributed by atoms with Gasteiger partial charge in [0.05, 0.1) is 0 Å². The summed E-state index contributed by atoms with van der Waals surface area (Å²) in [5.74, 6) is -1.21. The van der Waals surface area contributed by atoms with Crippen LogP contribution < -0.4 is 0 Å². The first-order chi connectivity index (χ1) is 4.20. The maximum Gasteiger partial charge on any atom is 0.181 e. The minimum absolute atomic E-state index is 0.419. The molecule has 9 heavy (non-hydrogen) atoms. The molecule has 0 aliphatic heterocycles. The Hall–Kier alpha value is -0.960. The van der Waals surface area contributed by atoms with Gasteiger partial charge in [-0.3, -0.25) is 4.79 Å². The molecule has 3 heteroatoms. The number of carbonyl (C=O) groups is 1. The Kier molecular flexibility index (Phi) is 1.44. The number of halogens is 1. The van der Waals surface area contributed by atoms with Gasteiger partial charge in [0.1, 0.15) is 11.9 Å². The highest BCUT2D eigenvalue weighted by atomic mass is 19.1. The predicted octanol–water partition coefficient (Wildman–Crippen LogP) is 0.340. The Morgan fingerprint density at radius 2 is 2.33 bits per heavy atom. The van der Waals surface area contributed by atoms with Gasteiger partial charge in [0.2, 0.25) is 0 Å². The Labute approximate surface area is 51.3 Å². The molecule has 1 aliphatic carbocycles. The highest BCUT2D eigenvalue weighted by molar-refractivity contribution is 6.00. The minimum atomic E-state index is -1.22. The molecule has 2 nitrogen and oxygen atoms in total. The zero-order chi connectivity index (χ0) is 6.85. The van der Waals surface area contributed by atoms with Crippen molar-refractivity contribution in [3.63, 3.8) is 0 Å². The van der Waals surface area contributed by atoms with Crippen LogP contribution in [0.5, 0.6) is 0 Å². The van der Waals surface area contributed by atoms with Crippen LogP contribution in [0.3, 0.4) is 0 Å². The molecule has 0 aromatic rings. The van der Waals surface area contributed by atoms with Crippen LogP contribution in [0.25, 0.3) is 0 Å². The van der Waals surface area contributed by atoms with E-state index in [1.165, 1.54) is 0 Å². The Balaban J connectivity index is 2.82. The van der Waals surface area contributed by atoms with Gasteiger partial charge in [0.25, 0.3) is 0 Å². The van der Waals surface area contributed by atoms with Gasteiger partial charge >= 0.3 is 0 Å². The maximum absolute atomic E-state index is 12.2. The molecule has 0 spiro atoms. The summed E-state index contributed by atoms with van der Waals surface area (Å²) in [5.41, 5.74) is 0. The van der Waals surface area contributed by atoms with Crippen molar-refractivity contribution < 1.29 is 14.3 Å². The first kappa shape index (κ1) is 6.16. The normalized spacial score (nSPS) is 26.2. The average molecular weight is 128 g/mol. The van der Waals surface area contributed by atoms with Gasteiger partial charge in [-0.1, -0.05) is 0 Å². The van der Waals surface area contributed by atoms with Gasteiger partial charge in [0, 0.05) is 6.08 Å². The largest absolute Gasteiger partial charge is 0.382 e. The molecule has 1 unspecified atom stereocenters. The molecule has 0 bridgehead atoms.